The van der Waals surface area contributed by atoms with Crippen molar-refractivity contribution in [1.29, 1.82) is 0 Å². The highest BCUT2D eigenvalue weighted by Gasteiger charge is 2.24. The Kier molecular flexibility index (Phi) is 5.52. The number of fused-ring (bicyclic) bond motifs is 2. The Bertz CT molecular complexity index is 1070. The molecule has 0 spiro atoms. The van der Waals surface area contributed by atoms with E-state index in [0.29, 0.717) is 23.3 Å². The zero-order valence-corrected chi connectivity index (χ0v) is 16.8. The number of carbonyl (C=O) groups is 3. The minimum absolute atomic E-state index is 0.0753. The number of rotatable bonds is 4. The number of amides is 3. The summed E-state index contributed by atoms with van der Waals surface area (Å²) in [6, 6.07) is 4.01. The summed E-state index contributed by atoms with van der Waals surface area (Å²) in [5.41, 5.74) is 0.497. The SMILES string of the molecule is CC(OC(=O)c1ccc2c(=O)n3c(nc2c1)CCC3)C(=O)NC(=O)NC1CCCC1. The predicted octanol–water partition coefficient (Wildman–Crippen LogP) is 1.66. The summed E-state index contributed by atoms with van der Waals surface area (Å²) in [6.45, 7) is 2.05. The third-order valence-corrected chi connectivity index (χ3v) is 5.63. The Hall–Kier alpha value is -3.23. The quantitative estimate of drug-likeness (QED) is 0.737. The molecule has 9 nitrogen and oxygen atoms in total. The third kappa shape index (κ3) is 4.05. The van der Waals surface area contributed by atoms with Gasteiger partial charge in [0.25, 0.3) is 11.5 Å². The van der Waals surface area contributed by atoms with Crippen LogP contribution in [-0.4, -0.2) is 39.6 Å². The number of aromatic nitrogens is 2. The minimum Gasteiger partial charge on any atom is -0.449 e. The molecule has 1 aliphatic carbocycles. The number of hydrogen-bond donors (Lipinski definition) is 2. The predicted molar refractivity (Wildman–Crippen MR) is 108 cm³/mol. The molecule has 4 rings (SSSR count). The minimum atomic E-state index is -1.15. The first kappa shape index (κ1) is 20.1. The first-order chi connectivity index (χ1) is 14.4. The van der Waals surface area contributed by atoms with Gasteiger partial charge in [-0.25, -0.2) is 14.6 Å². The molecular formula is C21H24N4O5. The maximum absolute atomic E-state index is 12.5. The topological polar surface area (TPSA) is 119 Å². The van der Waals surface area contributed by atoms with Crippen LogP contribution in [0, 0.1) is 0 Å². The van der Waals surface area contributed by atoms with Crippen molar-refractivity contribution in [3.8, 4) is 0 Å². The smallest absolute Gasteiger partial charge is 0.338 e. The maximum atomic E-state index is 12.5. The van der Waals surface area contributed by atoms with E-state index in [1.165, 1.54) is 19.1 Å². The highest BCUT2D eigenvalue weighted by atomic mass is 16.5. The van der Waals surface area contributed by atoms with Gasteiger partial charge in [-0.2, -0.15) is 0 Å². The molecule has 30 heavy (non-hydrogen) atoms. The molecule has 1 aromatic heterocycles. The second-order valence-electron chi connectivity index (χ2n) is 7.81. The summed E-state index contributed by atoms with van der Waals surface area (Å²) in [5.74, 6) is -0.717. The average Bonchev–Trinajstić information content (AvgIpc) is 3.39. The lowest BCUT2D eigenvalue weighted by atomic mass is 10.1. The molecule has 2 heterocycles. The van der Waals surface area contributed by atoms with Crippen LogP contribution >= 0.6 is 0 Å². The van der Waals surface area contributed by atoms with Crippen molar-refractivity contribution >= 4 is 28.8 Å². The normalized spacial score (nSPS) is 16.8. The molecule has 1 saturated carbocycles. The van der Waals surface area contributed by atoms with E-state index < -0.39 is 24.0 Å². The van der Waals surface area contributed by atoms with Crippen molar-refractivity contribution in [2.24, 2.45) is 0 Å². The summed E-state index contributed by atoms with van der Waals surface area (Å²) in [4.78, 5) is 53.6. The van der Waals surface area contributed by atoms with Crippen LogP contribution in [0.3, 0.4) is 0 Å². The van der Waals surface area contributed by atoms with Gasteiger partial charge in [0.2, 0.25) is 0 Å². The molecular weight excluding hydrogens is 388 g/mol. The lowest BCUT2D eigenvalue weighted by Crippen LogP contribution is -2.47. The van der Waals surface area contributed by atoms with Gasteiger partial charge in [0, 0.05) is 19.0 Å². The number of carbonyl (C=O) groups excluding carboxylic acids is 3. The molecule has 1 unspecified atom stereocenters. The number of hydrogen-bond acceptors (Lipinski definition) is 6. The monoisotopic (exact) mass is 412 g/mol. The number of esters is 1. The number of aryl methyl sites for hydroxylation is 1. The van der Waals surface area contributed by atoms with Crippen molar-refractivity contribution in [1.82, 2.24) is 20.2 Å². The van der Waals surface area contributed by atoms with E-state index in [-0.39, 0.29) is 17.2 Å². The van der Waals surface area contributed by atoms with Crippen LogP contribution in [-0.2, 0) is 22.5 Å². The molecule has 9 heteroatoms. The molecule has 0 saturated heterocycles. The second-order valence-corrected chi connectivity index (χ2v) is 7.81. The van der Waals surface area contributed by atoms with Crippen molar-refractivity contribution in [3.05, 3.63) is 39.9 Å². The molecule has 3 amide bonds. The molecule has 2 aliphatic rings. The largest absolute Gasteiger partial charge is 0.449 e. The molecule has 0 radical (unpaired) electrons. The van der Waals surface area contributed by atoms with E-state index >= 15 is 0 Å². The molecule has 2 aromatic rings. The zero-order valence-electron chi connectivity index (χ0n) is 16.8. The van der Waals surface area contributed by atoms with Crippen molar-refractivity contribution in [3.63, 3.8) is 0 Å². The van der Waals surface area contributed by atoms with E-state index in [1.807, 2.05) is 0 Å². The fourth-order valence-corrected chi connectivity index (χ4v) is 4.00. The average molecular weight is 412 g/mol. The Labute approximate surface area is 172 Å². The molecule has 1 fully saturated rings. The van der Waals surface area contributed by atoms with E-state index in [0.717, 1.165) is 38.5 Å². The van der Waals surface area contributed by atoms with Gasteiger partial charge >= 0.3 is 12.0 Å². The van der Waals surface area contributed by atoms with Gasteiger partial charge in [-0.05, 0) is 44.4 Å². The van der Waals surface area contributed by atoms with E-state index in [1.54, 1.807) is 10.6 Å². The van der Waals surface area contributed by atoms with Crippen LogP contribution in [0.2, 0.25) is 0 Å². The number of nitrogens with zero attached hydrogens (tertiary/aromatic N) is 2. The van der Waals surface area contributed by atoms with E-state index in [4.69, 9.17) is 4.74 Å². The van der Waals surface area contributed by atoms with Gasteiger partial charge in [-0.15, -0.1) is 0 Å². The Morgan fingerprint density at radius 1 is 1.20 bits per heavy atom. The van der Waals surface area contributed by atoms with Crippen LogP contribution in [0.15, 0.2) is 23.0 Å². The molecule has 1 aromatic carbocycles. The summed E-state index contributed by atoms with van der Waals surface area (Å²) in [7, 11) is 0. The van der Waals surface area contributed by atoms with Crippen LogP contribution < -0.4 is 16.2 Å². The second kappa shape index (κ2) is 8.25. The fourth-order valence-electron chi connectivity index (χ4n) is 4.00. The molecule has 158 valence electrons. The van der Waals surface area contributed by atoms with Gasteiger partial charge in [0.05, 0.1) is 16.5 Å². The molecule has 0 bridgehead atoms. The fraction of sp³-hybridized carbons (Fsp3) is 0.476. The number of ether oxygens (including phenoxy) is 1. The maximum Gasteiger partial charge on any atom is 0.338 e. The molecule has 1 aliphatic heterocycles. The lowest BCUT2D eigenvalue weighted by molar-refractivity contribution is -0.127. The zero-order chi connectivity index (χ0) is 21.3. The first-order valence-corrected chi connectivity index (χ1v) is 10.3. The van der Waals surface area contributed by atoms with Gasteiger partial charge in [0.1, 0.15) is 5.82 Å². The van der Waals surface area contributed by atoms with E-state index in [2.05, 4.69) is 15.6 Å². The standard InChI is InChI=1S/C21H24N4O5/c1-12(18(26)24-21(29)22-14-5-2-3-6-14)30-20(28)13-8-9-15-16(11-13)23-17-7-4-10-25(17)19(15)27/h8-9,11-12,14H,2-7,10H2,1H3,(H2,22,24,26,29). The number of imide groups is 1. The summed E-state index contributed by atoms with van der Waals surface area (Å²) < 4.78 is 6.85. The Morgan fingerprint density at radius 2 is 1.97 bits per heavy atom. The number of benzene rings is 1. The van der Waals surface area contributed by atoms with Crippen LogP contribution in [0.4, 0.5) is 4.79 Å². The molecule has 2 N–H and O–H groups in total. The highest BCUT2D eigenvalue weighted by molar-refractivity contribution is 5.99. The number of nitrogens with one attached hydrogen (secondary N) is 2. The van der Waals surface area contributed by atoms with E-state index in [9.17, 15) is 19.2 Å². The Morgan fingerprint density at radius 3 is 2.73 bits per heavy atom. The Balaban J connectivity index is 1.40. The van der Waals surface area contributed by atoms with Gasteiger partial charge < -0.3 is 10.1 Å². The van der Waals surface area contributed by atoms with Crippen LogP contribution in [0.1, 0.15) is 55.2 Å². The molecule has 1 atom stereocenters. The first-order valence-electron chi connectivity index (χ1n) is 10.3. The van der Waals surface area contributed by atoms with Crippen LogP contribution in [0.25, 0.3) is 10.9 Å². The third-order valence-electron chi connectivity index (χ3n) is 5.63. The van der Waals surface area contributed by atoms with Crippen molar-refractivity contribution < 1.29 is 19.1 Å². The van der Waals surface area contributed by atoms with Crippen molar-refractivity contribution in [2.45, 2.75) is 64.1 Å². The van der Waals surface area contributed by atoms with Crippen molar-refractivity contribution in [2.75, 3.05) is 0 Å². The van der Waals surface area contributed by atoms with Gasteiger partial charge in [-0.1, -0.05) is 12.8 Å². The highest BCUT2D eigenvalue weighted by Crippen LogP contribution is 2.18. The lowest BCUT2D eigenvalue weighted by Gasteiger charge is -2.15. The van der Waals surface area contributed by atoms with Gasteiger partial charge in [-0.3, -0.25) is 19.5 Å². The summed E-state index contributed by atoms with van der Waals surface area (Å²) >= 11 is 0. The van der Waals surface area contributed by atoms with Crippen LogP contribution in [0.5, 0.6) is 0 Å². The number of urea groups is 1. The summed E-state index contributed by atoms with van der Waals surface area (Å²) in [5, 5.41) is 5.39. The summed E-state index contributed by atoms with van der Waals surface area (Å²) in [6.07, 6.45) is 4.35. The van der Waals surface area contributed by atoms with Gasteiger partial charge in [0.15, 0.2) is 6.10 Å².